The highest BCUT2D eigenvalue weighted by Crippen LogP contribution is 2.23. The Kier molecular flexibility index (Phi) is 6.60. The van der Waals surface area contributed by atoms with Crippen molar-refractivity contribution in [2.45, 2.75) is 45.3 Å². The lowest BCUT2D eigenvalue weighted by Gasteiger charge is -2.35. The van der Waals surface area contributed by atoms with Gasteiger partial charge in [0.05, 0.1) is 18.8 Å². The molecule has 1 atom stereocenters. The van der Waals surface area contributed by atoms with Crippen molar-refractivity contribution in [3.05, 3.63) is 0 Å². The molecular weight excluding hydrogens is 234 g/mol. The van der Waals surface area contributed by atoms with Crippen LogP contribution in [0.4, 0.5) is 0 Å². The summed E-state index contributed by atoms with van der Waals surface area (Å²) in [6.45, 7) is 8.51. The van der Waals surface area contributed by atoms with Crippen molar-refractivity contribution in [1.29, 1.82) is 0 Å². The van der Waals surface area contributed by atoms with Crippen LogP contribution < -0.4 is 5.32 Å². The van der Waals surface area contributed by atoms with E-state index >= 15 is 0 Å². The Bertz CT molecular complexity index is 255. The molecule has 5 nitrogen and oxygen atoms in total. The first-order chi connectivity index (χ1) is 8.53. The van der Waals surface area contributed by atoms with Gasteiger partial charge in [0.25, 0.3) is 0 Å². The first-order valence-corrected chi connectivity index (χ1v) is 6.64. The van der Waals surface area contributed by atoms with Gasteiger partial charge in [0.1, 0.15) is 6.61 Å². The van der Waals surface area contributed by atoms with E-state index in [2.05, 4.69) is 19.2 Å². The third-order valence-electron chi connectivity index (χ3n) is 2.90. The predicted octanol–water partition coefficient (Wildman–Crippen LogP) is 1.11. The minimum Gasteiger partial charge on any atom is -0.464 e. The fourth-order valence-electron chi connectivity index (χ4n) is 2.10. The van der Waals surface area contributed by atoms with Crippen molar-refractivity contribution in [3.63, 3.8) is 0 Å². The molecule has 5 heteroatoms. The lowest BCUT2D eigenvalue weighted by Crippen LogP contribution is -2.44. The zero-order chi connectivity index (χ0) is 13.4. The van der Waals surface area contributed by atoms with E-state index in [-0.39, 0.29) is 18.2 Å². The van der Waals surface area contributed by atoms with Gasteiger partial charge in [0.2, 0.25) is 0 Å². The van der Waals surface area contributed by atoms with Gasteiger partial charge in [-0.1, -0.05) is 0 Å². The third-order valence-corrected chi connectivity index (χ3v) is 2.90. The average molecular weight is 259 g/mol. The molecule has 1 unspecified atom stereocenters. The first-order valence-electron chi connectivity index (χ1n) is 6.64. The summed E-state index contributed by atoms with van der Waals surface area (Å²) in [5.41, 5.74) is -0.0400. The molecule has 0 amide bonds. The Hall–Kier alpha value is -0.650. The molecule has 0 bridgehead atoms. The molecule has 0 saturated carbocycles. The van der Waals surface area contributed by atoms with Gasteiger partial charge < -0.3 is 19.5 Å². The van der Waals surface area contributed by atoms with E-state index in [1.165, 1.54) is 0 Å². The molecule has 0 spiro atoms. The number of ether oxygens (including phenoxy) is 3. The van der Waals surface area contributed by atoms with Gasteiger partial charge in [-0.2, -0.15) is 0 Å². The Morgan fingerprint density at radius 2 is 2.28 bits per heavy atom. The number of nitrogens with one attached hydrogen (secondary N) is 1. The third kappa shape index (κ3) is 6.33. The molecule has 0 radical (unpaired) electrons. The number of carbonyl (C=O) groups is 1. The molecule has 1 saturated heterocycles. The molecular formula is C13H25NO4. The normalized spacial score (nSPS) is 22.7. The van der Waals surface area contributed by atoms with Crippen LogP contribution in [0.25, 0.3) is 0 Å². The second-order valence-electron chi connectivity index (χ2n) is 5.11. The van der Waals surface area contributed by atoms with Crippen LogP contribution in [0.15, 0.2) is 0 Å². The van der Waals surface area contributed by atoms with Gasteiger partial charge in [-0.3, -0.25) is 0 Å². The Labute approximate surface area is 109 Å². The zero-order valence-corrected chi connectivity index (χ0v) is 11.7. The summed E-state index contributed by atoms with van der Waals surface area (Å²) in [6, 6.07) is 0.472. The molecule has 1 heterocycles. The number of rotatable bonds is 7. The fraction of sp³-hybridized carbons (Fsp3) is 0.923. The van der Waals surface area contributed by atoms with Crippen molar-refractivity contribution in [2.24, 2.45) is 0 Å². The quantitative estimate of drug-likeness (QED) is 0.548. The van der Waals surface area contributed by atoms with Crippen molar-refractivity contribution >= 4 is 5.97 Å². The van der Waals surface area contributed by atoms with Crippen molar-refractivity contribution < 1.29 is 19.0 Å². The maximum Gasteiger partial charge on any atom is 0.332 e. The van der Waals surface area contributed by atoms with E-state index in [0.29, 0.717) is 19.3 Å². The molecule has 0 aromatic rings. The smallest absolute Gasteiger partial charge is 0.332 e. The van der Waals surface area contributed by atoms with Crippen molar-refractivity contribution in [1.82, 2.24) is 5.32 Å². The van der Waals surface area contributed by atoms with Crippen molar-refractivity contribution in [3.8, 4) is 0 Å². The Balaban J connectivity index is 2.02. The average Bonchev–Trinajstić information content (AvgIpc) is 2.27. The standard InChI is InChI=1S/C13H25NO4/c1-4-17-12(15)10-16-8-6-14-11-5-7-18-13(2,3)9-11/h11,14H,4-10H2,1-3H3. The van der Waals surface area contributed by atoms with Crippen LogP contribution >= 0.6 is 0 Å². The molecule has 1 aliphatic rings. The molecule has 1 fully saturated rings. The van der Waals surface area contributed by atoms with E-state index in [1.807, 2.05) is 0 Å². The fourth-order valence-corrected chi connectivity index (χ4v) is 2.10. The molecule has 0 aliphatic carbocycles. The monoisotopic (exact) mass is 259 g/mol. The van der Waals surface area contributed by atoms with E-state index in [0.717, 1.165) is 26.0 Å². The molecule has 106 valence electrons. The highest BCUT2D eigenvalue weighted by molar-refractivity contribution is 5.70. The molecule has 18 heavy (non-hydrogen) atoms. The van der Waals surface area contributed by atoms with E-state index in [4.69, 9.17) is 14.2 Å². The zero-order valence-electron chi connectivity index (χ0n) is 11.7. The first kappa shape index (κ1) is 15.4. The number of carbonyl (C=O) groups excluding carboxylic acids is 1. The second-order valence-corrected chi connectivity index (χ2v) is 5.11. The molecule has 1 N–H and O–H groups in total. The molecule has 0 aromatic heterocycles. The van der Waals surface area contributed by atoms with Gasteiger partial charge >= 0.3 is 5.97 Å². The predicted molar refractivity (Wildman–Crippen MR) is 68.5 cm³/mol. The van der Waals surface area contributed by atoms with E-state index < -0.39 is 0 Å². The second kappa shape index (κ2) is 7.71. The summed E-state index contributed by atoms with van der Waals surface area (Å²) >= 11 is 0. The SMILES string of the molecule is CCOC(=O)COCCNC1CCOC(C)(C)C1. The largest absolute Gasteiger partial charge is 0.464 e. The number of hydrogen-bond acceptors (Lipinski definition) is 5. The van der Waals surface area contributed by atoms with Crippen LogP contribution in [-0.2, 0) is 19.0 Å². The highest BCUT2D eigenvalue weighted by Gasteiger charge is 2.28. The van der Waals surface area contributed by atoms with Crippen LogP contribution in [0.5, 0.6) is 0 Å². The summed E-state index contributed by atoms with van der Waals surface area (Å²) in [4.78, 5) is 11.0. The minimum atomic E-state index is -0.301. The van der Waals surface area contributed by atoms with Crippen molar-refractivity contribution in [2.75, 3.05) is 33.0 Å². The highest BCUT2D eigenvalue weighted by atomic mass is 16.6. The van der Waals surface area contributed by atoms with Crippen LogP contribution in [0.2, 0.25) is 0 Å². The van der Waals surface area contributed by atoms with E-state index in [9.17, 15) is 4.79 Å². The van der Waals surface area contributed by atoms with Crippen LogP contribution in [0.1, 0.15) is 33.6 Å². The minimum absolute atomic E-state index is 0.0365. The van der Waals surface area contributed by atoms with E-state index in [1.54, 1.807) is 6.92 Å². The van der Waals surface area contributed by atoms with Gasteiger partial charge in [0.15, 0.2) is 0 Å². The van der Waals surface area contributed by atoms with Gasteiger partial charge in [-0.15, -0.1) is 0 Å². The maximum absolute atomic E-state index is 11.0. The lowest BCUT2D eigenvalue weighted by molar-refractivity contribution is -0.148. The maximum atomic E-state index is 11.0. The molecule has 1 rings (SSSR count). The lowest BCUT2D eigenvalue weighted by atomic mass is 9.94. The summed E-state index contributed by atoms with van der Waals surface area (Å²) in [7, 11) is 0. The molecule has 0 aromatic carbocycles. The summed E-state index contributed by atoms with van der Waals surface area (Å²) < 4.78 is 15.6. The Morgan fingerprint density at radius 3 is 2.94 bits per heavy atom. The van der Waals surface area contributed by atoms with Gasteiger partial charge in [0, 0.05) is 19.2 Å². The van der Waals surface area contributed by atoms with Crippen LogP contribution in [0.3, 0.4) is 0 Å². The topological polar surface area (TPSA) is 56.8 Å². The van der Waals surface area contributed by atoms with Gasteiger partial charge in [-0.25, -0.2) is 4.79 Å². The van der Waals surface area contributed by atoms with Gasteiger partial charge in [-0.05, 0) is 33.6 Å². The number of hydrogen-bond donors (Lipinski definition) is 1. The summed E-state index contributed by atoms with van der Waals surface area (Å²) in [5.74, 6) is -0.301. The van der Waals surface area contributed by atoms with Crippen LogP contribution in [0, 0.1) is 0 Å². The summed E-state index contributed by atoms with van der Waals surface area (Å²) in [5, 5.41) is 3.43. The number of esters is 1. The summed E-state index contributed by atoms with van der Waals surface area (Å²) in [6.07, 6.45) is 2.03. The molecule has 1 aliphatic heterocycles. The van der Waals surface area contributed by atoms with Crippen LogP contribution in [-0.4, -0.2) is 50.6 Å². The Morgan fingerprint density at radius 1 is 1.50 bits per heavy atom.